The van der Waals surface area contributed by atoms with Crippen LogP contribution in [0.2, 0.25) is 0 Å². The molecule has 7 aliphatic rings. The van der Waals surface area contributed by atoms with Crippen LogP contribution in [0, 0.1) is 64.1 Å². The molecule has 3 saturated heterocycles. The number of alkyl carbamates (subject to hydrolysis) is 1. The lowest BCUT2D eigenvalue weighted by atomic mass is 9.47. The second-order valence-corrected chi connectivity index (χ2v) is 23.8. The lowest BCUT2D eigenvalue weighted by molar-refractivity contribution is -0.371. The van der Waals surface area contributed by atoms with Crippen molar-refractivity contribution >= 4 is 6.09 Å². The minimum atomic E-state index is -1.54. The van der Waals surface area contributed by atoms with Crippen molar-refractivity contribution in [1.29, 1.82) is 0 Å². The average molecular weight is 962 g/mol. The summed E-state index contributed by atoms with van der Waals surface area (Å²) < 4.78 is 44.6. The van der Waals surface area contributed by atoms with Crippen molar-refractivity contribution in [3.63, 3.8) is 0 Å². The molecule has 1 amide bonds. The van der Waals surface area contributed by atoms with E-state index in [1.54, 1.807) is 6.92 Å². The lowest BCUT2D eigenvalue weighted by Crippen LogP contribution is -2.62. The summed E-state index contributed by atoms with van der Waals surface area (Å²) in [6, 6.07) is 0. The highest BCUT2D eigenvalue weighted by atomic mass is 16.8. The number of amides is 1. The maximum Gasteiger partial charge on any atom is 0.407 e. The Kier molecular flexibility index (Phi) is 18.9. The maximum absolute atomic E-state index is 13.3. The Balaban J connectivity index is 0.925. The number of aliphatic hydroxyl groups excluding tert-OH is 4. The van der Waals surface area contributed by atoms with Crippen molar-refractivity contribution in [3.8, 4) is 0 Å². The molecule has 0 aromatic rings. The fourth-order valence-electron chi connectivity index (χ4n) is 14.8. The number of carbonyl (C=O) groups excluding carboxylic acids is 1. The molecule has 3 aliphatic heterocycles. The number of hydrogen-bond acceptors (Lipinski definition) is 12. The fraction of sp³-hybridized carbons (Fsp3) is 0.945. The number of hydrogen-bond donors (Lipinski definition) is 5. The second-order valence-electron chi connectivity index (χ2n) is 23.8. The number of allylic oxidation sites excluding steroid dienone is 1. The summed E-state index contributed by atoms with van der Waals surface area (Å²) in [5.74, 6) is 4.82. The van der Waals surface area contributed by atoms with Crippen LogP contribution in [0.5, 0.6) is 0 Å². The quantitative estimate of drug-likeness (QED) is 0.0693. The van der Waals surface area contributed by atoms with Gasteiger partial charge in [0.1, 0.15) is 30.5 Å². The van der Waals surface area contributed by atoms with E-state index < -0.39 is 67.7 Å². The molecule has 13 heteroatoms. The minimum Gasteiger partial charge on any atom is -0.446 e. The molecular weight excluding hydrogens is 867 g/mol. The molecule has 22 unspecified atom stereocenters. The Bertz CT molecular complexity index is 1630. The zero-order chi connectivity index (χ0) is 49.1. The standard InChI is InChI=1S/C55H95NO12/c1-11-36-30-63-45(22-21-43(57)33(36)6)67-49-34(7)44(12-2)66-52(50(49)68-51-48(60)47(59)46(58)35(8)64-51)62-28-14-27-56-53(61)65-38-23-25-54(9)37(29-38)17-18-39-41-20-19-40(32(5)16-13-15-31(3)4)55(41,10)26-24-42(39)54/h17,31-36,38-52,57-60H,11-16,18-30H2,1-10H3,(H,56,61). The van der Waals surface area contributed by atoms with E-state index in [4.69, 9.17) is 33.2 Å². The molecule has 0 aromatic heterocycles. The molecule has 68 heavy (non-hydrogen) atoms. The summed E-state index contributed by atoms with van der Waals surface area (Å²) in [4.78, 5) is 13.3. The summed E-state index contributed by atoms with van der Waals surface area (Å²) >= 11 is 0. The molecule has 0 bridgehead atoms. The summed E-state index contributed by atoms with van der Waals surface area (Å²) in [7, 11) is 0. The molecule has 13 nitrogen and oxygen atoms in total. The van der Waals surface area contributed by atoms with Crippen molar-refractivity contribution < 1.29 is 58.4 Å². The van der Waals surface area contributed by atoms with Gasteiger partial charge in [-0.2, -0.15) is 0 Å². The van der Waals surface area contributed by atoms with Crippen molar-refractivity contribution in [2.45, 2.75) is 246 Å². The van der Waals surface area contributed by atoms with Gasteiger partial charge in [-0.15, -0.1) is 0 Å². The molecule has 5 N–H and O–H groups in total. The van der Waals surface area contributed by atoms with Gasteiger partial charge in [0.25, 0.3) is 0 Å². The summed E-state index contributed by atoms with van der Waals surface area (Å²) in [6.45, 7) is 23.3. The maximum atomic E-state index is 13.3. The predicted octanol–water partition coefficient (Wildman–Crippen LogP) is 9.06. The van der Waals surface area contributed by atoms with E-state index in [2.05, 4.69) is 59.9 Å². The zero-order valence-electron chi connectivity index (χ0n) is 43.7. The van der Waals surface area contributed by atoms with Crippen LogP contribution in [0.15, 0.2) is 11.6 Å². The molecule has 3 heterocycles. The highest BCUT2D eigenvalue weighted by molar-refractivity contribution is 5.67. The van der Waals surface area contributed by atoms with Crippen LogP contribution in [-0.2, 0) is 33.2 Å². The highest BCUT2D eigenvalue weighted by Gasteiger charge is 2.59. The Labute approximate surface area is 409 Å². The van der Waals surface area contributed by atoms with Crippen LogP contribution in [0.4, 0.5) is 4.79 Å². The van der Waals surface area contributed by atoms with Gasteiger partial charge in [-0.3, -0.25) is 0 Å². The van der Waals surface area contributed by atoms with Gasteiger partial charge in [0.05, 0.1) is 37.6 Å². The van der Waals surface area contributed by atoms with E-state index in [0.717, 1.165) is 55.3 Å². The van der Waals surface area contributed by atoms with Gasteiger partial charge in [0.15, 0.2) is 18.9 Å². The van der Waals surface area contributed by atoms with E-state index in [-0.39, 0.29) is 42.0 Å². The molecule has 392 valence electrons. The van der Waals surface area contributed by atoms with E-state index in [9.17, 15) is 25.2 Å². The Hall–Kier alpha value is -1.39. The van der Waals surface area contributed by atoms with Gasteiger partial charge in [-0.05, 0) is 129 Å². The number of aliphatic hydroxyl groups is 4. The van der Waals surface area contributed by atoms with Crippen molar-refractivity contribution in [2.75, 3.05) is 19.8 Å². The van der Waals surface area contributed by atoms with E-state index >= 15 is 0 Å². The Morgan fingerprint density at radius 3 is 2.34 bits per heavy atom. The number of nitrogens with one attached hydrogen (secondary N) is 1. The smallest absolute Gasteiger partial charge is 0.407 e. The summed E-state index contributed by atoms with van der Waals surface area (Å²) in [5.41, 5.74) is 2.15. The molecule has 0 aromatic carbocycles. The van der Waals surface area contributed by atoms with Crippen LogP contribution in [0.25, 0.3) is 0 Å². The molecular formula is C55H95NO12. The van der Waals surface area contributed by atoms with Gasteiger partial charge in [-0.1, -0.05) is 99.6 Å². The van der Waals surface area contributed by atoms with E-state index in [0.29, 0.717) is 50.2 Å². The number of carbonyl (C=O) groups is 1. The van der Waals surface area contributed by atoms with Crippen molar-refractivity contribution in [1.82, 2.24) is 5.32 Å². The van der Waals surface area contributed by atoms with Gasteiger partial charge in [0, 0.05) is 25.3 Å². The van der Waals surface area contributed by atoms with Gasteiger partial charge >= 0.3 is 6.09 Å². The van der Waals surface area contributed by atoms with Crippen molar-refractivity contribution in [2.24, 2.45) is 64.1 Å². The molecule has 22 atom stereocenters. The van der Waals surface area contributed by atoms with Gasteiger partial charge in [-0.25, -0.2) is 4.79 Å². The highest BCUT2D eigenvalue weighted by Crippen LogP contribution is 2.67. The first-order chi connectivity index (χ1) is 32.4. The third kappa shape index (κ3) is 11.8. The van der Waals surface area contributed by atoms with E-state index in [1.165, 1.54) is 56.9 Å². The number of rotatable bonds is 17. The van der Waals surface area contributed by atoms with Gasteiger partial charge in [0.2, 0.25) is 0 Å². The molecule has 0 spiro atoms. The zero-order valence-corrected chi connectivity index (χ0v) is 43.7. The van der Waals surface area contributed by atoms with Crippen LogP contribution >= 0.6 is 0 Å². The van der Waals surface area contributed by atoms with Crippen LogP contribution in [-0.4, -0.2) is 120 Å². The fourth-order valence-corrected chi connectivity index (χ4v) is 14.8. The third-order valence-electron chi connectivity index (χ3n) is 19.3. The molecule has 6 fully saturated rings. The summed E-state index contributed by atoms with van der Waals surface area (Å²) in [6.07, 6.45) is 8.12. The number of ether oxygens (including phenoxy) is 7. The molecule has 4 aliphatic carbocycles. The van der Waals surface area contributed by atoms with Crippen LogP contribution < -0.4 is 5.32 Å². The molecule has 0 radical (unpaired) electrons. The normalized spacial score (nSPS) is 45.8. The predicted molar refractivity (Wildman–Crippen MR) is 260 cm³/mol. The molecule has 3 saturated carbocycles. The largest absolute Gasteiger partial charge is 0.446 e. The van der Waals surface area contributed by atoms with E-state index in [1.807, 2.05) is 13.8 Å². The SMILES string of the molecule is CCC1COC(OC2C(C)C(CC)OC(OCCCNC(=O)OC3CCC4(C)C(=CCC5C4CCC4(C)C(C(C)CCCC(C)C)CCC54)C3)C2OC2OC(C)C(O)C(O)C2O)CCC(O)C1C. The third-order valence-corrected chi connectivity index (χ3v) is 19.3. The van der Waals surface area contributed by atoms with Gasteiger partial charge < -0.3 is 58.9 Å². The average Bonchev–Trinajstić information content (AvgIpc) is 3.67. The first kappa shape index (κ1) is 54.4. The van der Waals surface area contributed by atoms with Crippen LogP contribution in [0.1, 0.15) is 172 Å². The summed E-state index contributed by atoms with van der Waals surface area (Å²) in [5, 5.41) is 46.1. The second kappa shape index (κ2) is 23.7. The Morgan fingerprint density at radius 2 is 1.60 bits per heavy atom. The van der Waals surface area contributed by atoms with Crippen molar-refractivity contribution in [3.05, 3.63) is 11.6 Å². The first-order valence-electron chi connectivity index (χ1n) is 27.6. The monoisotopic (exact) mass is 962 g/mol. The van der Waals surface area contributed by atoms with Crippen LogP contribution in [0.3, 0.4) is 0 Å². The lowest BCUT2D eigenvalue weighted by Gasteiger charge is -2.58. The number of fused-ring (bicyclic) bond motifs is 5. The minimum absolute atomic E-state index is 0.101. The Morgan fingerprint density at radius 1 is 0.824 bits per heavy atom. The first-order valence-corrected chi connectivity index (χ1v) is 27.6. The topological polar surface area (TPSA) is 175 Å². The molecule has 7 rings (SSSR count).